The highest BCUT2D eigenvalue weighted by atomic mass is 19.1. The van der Waals surface area contributed by atoms with E-state index in [0.29, 0.717) is 18.9 Å². The molecule has 0 bridgehead atoms. The average Bonchev–Trinajstić information content (AvgIpc) is 2.06. The normalized spacial score (nSPS) is 39.0. The van der Waals surface area contributed by atoms with Gasteiger partial charge < -0.3 is 10.4 Å². The van der Waals surface area contributed by atoms with Crippen molar-refractivity contribution in [2.45, 2.75) is 37.3 Å². The SMILES string of the molecule is CNC1CCC(O)(CF)CC1. The van der Waals surface area contributed by atoms with E-state index in [2.05, 4.69) is 5.32 Å². The molecule has 0 heterocycles. The predicted octanol–water partition coefficient (Wildman–Crippen LogP) is 0.849. The average molecular weight is 161 g/mol. The van der Waals surface area contributed by atoms with Crippen molar-refractivity contribution in [1.29, 1.82) is 0 Å². The van der Waals surface area contributed by atoms with Crippen molar-refractivity contribution in [3.05, 3.63) is 0 Å². The number of rotatable bonds is 2. The molecule has 0 aromatic carbocycles. The van der Waals surface area contributed by atoms with Crippen molar-refractivity contribution >= 4 is 0 Å². The summed E-state index contributed by atoms with van der Waals surface area (Å²) in [5.74, 6) is 0. The van der Waals surface area contributed by atoms with Crippen molar-refractivity contribution in [3.63, 3.8) is 0 Å². The molecular formula is C8H16FNO. The van der Waals surface area contributed by atoms with Gasteiger partial charge in [0.1, 0.15) is 6.67 Å². The van der Waals surface area contributed by atoms with Crippen LogP contribution in [0.4, 0.5) is 4.39 Å². The molecule has 0 aromatic heterocycles. The predicted molar refractivity (Wildman–Crippen MR) is 42.2 cm³/mol. The Kier molecular flexibility index (Phi) is 2.84. The minimum atomic E-state index is -1.01. The van der Waals surface area contributed by atoms with Gasteiger partial charge in [0.05, 0.1) is 5.60 Å². The Morgan fingerprint density at radius 2 is 2.09 bits per heavy atom. The van der Waals surface area contributed by atoms with Crippen LogP contribution in [0.3, 0.4) is 0 Å². The van der Waals surface area contributed by atoms with Gasteiger partial charge in [0, 0.05) is 6.04 Å². The molecule has 0 spiro atoms. The molecule has 0 radical (unpaired) electrons. The van der Waals surface area contributed by atoms with Gasteiger partial charge in [-0.1, -0.05) is 0 Å². The minimum Gasteiger partial charge on any atom is -0.387 e. The summed E-state index contributed by atoms with van der Waals surface area (Å²) in [5.41, 5.74) is -1.01. The minimum absolute atomic E-state index is 0.474. The number of alkyl halides is 1. The van der Waals surface area contributed by atoms with Crippen LogP contribution < -0.4 is 5.32 Å². The first-order chi connectivity index (χ1) is 5.20. The molecule has 0 amide bonds. The molecule has 2 nitrogen and oxygen atoms in total. The molecule has 0 aliphatic heterocycles. The monoisotopic (exact) mass is 161 g/mol. The molecule has 11 heavy (non-hydrogen) atoms. The van der Waals surface area contributed by atoms with Gasteiger partial charge in [0.2, 0.25) is 0 Å². The first-order valence-corrected chi connectivity index (χ1v) is 4.16. The van der Waals surface area contributed by atoms with Crippen LogP contribution in [0, 0.1) is 0 Å². The van der Waals surface area contributed by atoms with Crippen LogP contribution in [0.25, 0.3) is 0 Å². The molecule has 1 aliphatic rings. The van der Waals surface area contributed by atoms with Crippen molar-refractivity contribution < 1.29 is 9.50 Å². The highest BCUT2D eigenvalue weighted by Crippen LogP contribution is 2.28. The molecule has 3 heteroatoms. The highest BCUT2D eigenvalue weighted by Gasteiger charge is 2.32. The molecule has 1 fully saturated rings. The van der Waals surface area contributed by atoms with Crippen molar-refractivity contribution in [2.75, 3.05) is 13.7 Å². The fraction of sp³-hybridized carbons (Fsp3) is 1.00. The number of nitrogens with one attached hydrogen (secondary N) is 1. The lowest BCUT2D eigenvalue weighted by Crippen LogP contribution is -2.41. The Bertz CT molecular complexity index is 121. The molecule has 1 saturated carbocycles. The molecule has 0 unspecified atom stereocenters. The number of aliphatic hydroxyl groups is 1. The van der Waals surface area contributed by atoms with Crippen LogP contribution in [0.2, 0.25) is 0 Å². The van der Waals surface area contributed by atoms with Crippen LogP contribution >= 0.6 is 0 Å². The van der Waals surface area contributed by atoms with E-state index in [4.69, 9.17) is 0 Å². The summed E-state index contributed by atoms with van der Waals surface area (Å²) >= 11 is 0. The maximum atomic E-state index is 12.2. The van der Waals surface area contributed by atoms with Gasteiger partial charge in [-0.05, 0) is 32.7 Å². The first kappa shape index (κ1) is 8.94. The Labute approximate surface area is 66.8 Å². The fourth-order valence-electron chi connectivity index (χ4n) is 1.58. The van der Waals surface area contributed by atoms with Gasteiger partial charge in [-0.3, -0.25) is 0 Å². The fourth-order valence-corrected chi connectivity index (χ4v) is 1.58. The zero-order valence-corrected chi connectivity index (χ0v) is 6.94. The van der Waals surface area contributed by atoms with E-state index in [1.807, 2.05) is 7.05 Å². The lowest BCUT2D eigenvalue weighted by Gasteiger charge is -2.33. The Morgan fingerprint density at radius 3 is 2.45 bits per heavy atom. The standard InChI is InChI=1S/C8H16FNO/c1-10-7-2-4-8(11,6-9)5-3-7/h7,10-11H,2-6H2,1H3. The van der Waals surface area contributed by atoms with Crippen molar-refractivity contribution in [1.82, 2.24) is 5.32 Å². The lowest BCUT2D eigenvalue weighted by molar-refractivity contribution is -0.0228. The van der Waals surface area contributed by atoms with Crippen molar-refractivity contribution in [2.24, 2.45) is 0 Å². The molecule has 0 atom stereocenters. The summed E-state index contributed by atoms with van der Waals surface area (Å²) < 4.78 is 12.2. The largest absolute Gasteiger partial charge is 0.387 e. The molecule has 0 saturated heterocycles. The summed E-state index contributed by atoms with van der Waals surface area (Å²) in [7, 11) is 1.91. The van der Waals surface area contributed by atoms with Gasteiger partial charge in [-0.25, -0.2) is 4.39 Å². The second-order valence-corrected chi connectivity index (χ2v) is 3.42. The maximum Gasteiger partial charge on any atom is 0.118 e. The molecule has 2 N–H and O–H groups in total. The van der Waals surface area contributed by atoms with Gasteiger partial charge in [-0.15, -0.1) is 0 Å². The quantitative estimate of drug-likeness (QED) is 0.629. The van der Waals surface area contributed by atoms with Crippen LogP contribution in [0.15, 0.2) is 0 Å². The number of hydrogen-bond acceptors (Lipinski definition) is 2. The number of halogens is 1. The third-order valence-electron chi connectivity index (χ3n) is 2.57. The molecular weight excluding hydrogens is 145 g/mol. The van der Waals surface area contributed by atoms with Gasteiger partial charge >= 0.3 is 0 Å². The maximum absolute atomic E-state index is 12.2. The van der Waals surface area contributed by atoms with Gasteiger partial charge in [0.15, 0.2) is 0 Å². The van der Waals surface area contributed by atoms with E-state index in [9.17, 15) is 9.50 Å². The van der Waals surface area contributed by atoms with E-state index in [1.54, 1.807) is 0 Å². The topological polar surface area (TPSA) is 32.3 Å². The van der Waals surface area contributed by atoms with Gasteiger partial charge in [0.25, 0.3) is 0 Å². The molecule has 66 valence electrons. The Balaban J connectivity index is 2.35. The zero-order chi connectivity index (χ0) is 8.32. The van der Waals surface area contributed by atoms with Crippen molar-refractivity contribution in [3.8, 4) is 0 Å². The van der Waals surface area contributed by atoms with Crippen LogP contribution in [0.1, 0.15) is 25.7 Å². The van der Waals surface area contributed by atoms with Gasteiger partial charge in [-0.2, -0.15) is 0 Å². The van der Waals surface area contributed by atoms with Crippen LogP contribution in [0.5, 0.6) is 0 Å². The number of hydrogen-bond donors (Lipinski definition) is 2. The first-order valence-electron chi connectivity index (χ1n) is 4.16. The summed E-state index contributed by atoms with van der Waals surface area (Å²) in [5, 5.41) is 12.6. The third kappa shape index (κ3) is 2.14. The summed E-state index contributed by atoms with van der Waals surface area (Å²) in [6.07, 6.45) is 2.96. The smallest absolute Gasteiger partial charge is 0.118 e. The van der Waals surface area contributed by atoms with E-state index in [-0.39, 0.29) is 0 Å². The van der Waals surface area contributed by atoms with Crippen LogP contribution in [-0.2, 0) is 0 Å². The Hall–Kier alpha value is -0.150. The van der Waals surface area contributed by atoms with E-state index in [0.717, 1.165) is 12.8 Å². The second-order valence-electron chi connectivity index (χ2n) is 3.42. The van der Waals surface area contributed by atoms with E-state index in [1.165, 1.54) is 0 Å². The van der Waals surface area contributed by atoms with E-state index < -0.39 is 12.3 Å². The highest BCUT2D eigenvalue weighted by molar-refractivity contribution is 4.86. The summed E-state index contributed by atoms with van der Waals surface area (Å²) in [6.45, 7) is -0.594. The third-order valence-corrected chi connectivity index (χ3v) is 2.57. The lowest BCUT2D eigenvalue weighted by atomic mass is 9.83. The van der Waals surface area contributed by atoms with Crippen LogP contribution in [-0.4, -0.2) is 30.5 Å². The zero-order valence-electron chi connectivity index (χ0n) is 6.94. The summed E-state index contributed by atoms with van der Waals surface area (Å²) in [6, 6.07) is 0.474. The summed E-state index contributed by atoms with van der Waals surface area (Å²) in [4.78, 5) is 0. The molecule has 0 aromatic rings. The molecule has 1 rings (SSSR count). The Morgan fingerprint density at radius 1 is 1.55 bits per heavy atom. The van der Waals surface area contributed by atoms with E-state index >= 15 is 0 Å². The molecule has 1 aliphatic carbocycles. The second kappa shape index (κ2) is 3.50.